The van der Waals surface area contributed by atoms with Gasteiger partial charge in [0.15, 0.2) is 0 Å². The van der Waals surface area contributed by atoms with Crippen LogP contribution in [0.2, 0.25) is 0 Å². The van der Waals surface area contributed by atoms with E-state index in [0.717, 1.165) is 6.07 Å². The molecule has 0 bridgehead atoms. The highest BCUT2D eigenvalue weighted by molar-refractivity contribution is 5.93. The second-order valence-corrected chi connectivity index (χ2v) is 6.14. The Balaban J connectivity index is 1.54. The lowest BCUT2D eigenvalue weighted by molar-refractivity contribution is 0.1000. The average Bonchev–Trinajstić information content (AvgIpc) is 3.39. The van der Waals surface area contributed by atoms with Crippen LogP contribution in [0.3, 0.4) is 0 Å². The molecule has 2 heterocycles. The number of benzene rings is 2. The third kappa shape index (κ3) is 3.87. The van der Waals surface area contributed by atoms with Crippen LogP contribution in [0.25, 0.3) is 22.8 Å². The highest BCUT2D eigenvalue weighted by atomic mass is 19.3. The van der Waals surface area contributed by atoms with Gasteiger partial charge < -0.3 is 10.2 Å². The Morgan fingerprint density at radius 3 is 2.63 bits per heavy atom. The molecule has 30 heavy (non-hydrogen) atoms. The zero-order valence-electron chi connectivity index (χ0n) is 15.0. The van der Waals surface area contributed by atoms with Crippen molar-refractivity contribution < 1.29 is 22.4 Å². The monoisotopic (exact) mass is 415 g/mol. The van der Waals surface area contributed by atoms with Crippen molar-refractivity contribution in [1.29, 1.82) is 0 Å². The Hall–Kier alpha value is -4.09. The summed E-state index contributed by atoms with van der Waals surface area (Å²) in [6.45, 7) is -0.0409. The van der Waals surface area contributed by atoms with Gasteiger partial charge in [0.2, 0.25) is 17.6 Å². The van der Waals surface area contributed by atoms with Crippen molar-refractivity contribution in [1.82, 2.24) is 30.4 Å². The summed E-state index contributed by atoms with van der Waals surface area (Å²) in [5.41, 5.74) is 6.46. The van der Waals surface area contributed by atoms with Gasteiger partial charge in [-0.2, -0.15) is 13.6 Å². The second kappa shape index (κ2) is 7.73. The van der Waals surface area contributed by atoms with E-state index in [1.54, 1.807) is 18.2 Å². The molecule has 12 heteroatoms. The molecular weight excluding hydrogens is 403 g/mol. The Labute approximate surface area is 166 Å². The molecule has 0 fully saturated rings. The number of nitrogens with two attached hydrogens (primary N) is 1. The van der Waals surface area contributed by atoms with Crippen LogP contribution in [-0.4, -0.2) is 36.3 Å². The fraction of sp³-hybridized carbons (Fsp3) is 0.111. The van der Waals surface area contributed by atoms with Crippen LogP contribution in [0.5, 0.6) is 0 Å². The van der Waals surface area contributed by atoms with Gasteiger partial charge in [0.25, 0.3) is 5.89 Å². The number of amides is 1. The standard InChI is InChI=1S/C18H12F3N7O2/c19-13-7-11(17-24-25-18(30-17)14(20)21)4-5-12(13)8-28-26-16(23-27-28)10-3-1-2-9(6-10)15(22)29/h1-7,14H,8H2,(H2,22,29). The number of alkyl halides is 2. The Morgan fingerprint density at radius 2 is 1.93 bits per heavy atom. The maximum absolute atomic E-state index is 14.5. The molecule has 0 spiro atoms. The Morgan fingerprint density at radius 1 is 1.10 bits per heavy atom. The number of primary amides is 1. The molecule has 2 aromatic heterocycles. The highest BCUT2D eigenvalue weighted by Crippen LogP contribution is 2.25. The minimum absolute atomic E-state index is 0.0409. The first-order valence-electron chi connectivity index (χ1n) is 8.49. The minimum Gasteiger partial charge on any atom is -0.415 e. The number of nitrogens with zero attached hydrogens (tertiary/aromatic N) is 6. The normalized spacial score (nSPS) is 11.2. The van der Waals surface area contributed by atoms with E-state index in [2.05, 4.69) is 25.6 Å². The van der Waals surface area contributed by atoms with Gasteiger partial charge in [0, 0.05) is 22.3 Å². The molecule has 4 rings (SSSR count). The molecular formula is C18H12F3N7O2. The molecule has 0 saturated heterocycles. The van der Waals surface area contributed by atoms with Gasteiger partial charge in [-0.25, -0.2) is 4.39 Å². The summed E-state index contributed by atoms with van der Waals surface area (Å²) in [6, 6.07) is 10.4. The van der Waals surface area contributed by atoms with E-state index < -0.39 is 24.0 Å². The summed E-state index contributed by atoms with van der Waals surface area (Å²) < 4.78 is 44.4. The quantitative estimate of drug-likeness (QED) is 0.513. The summed E-state index contributed by atoms with van der Waals surface area (Å²) in [7, 11) is 0. The number of hydrogen-bond donors (Lipinski definition) is 1. The summed E-state index contributed by atoms with van der Waals surface area (Å²) in [5, 5.41) is 18.6. The van der Waals surface area contributed by atoms with E-state index in [0.29, 0.717) is 11.1 Å². The van der Waals surface area contributed by atoms with E-state index in [9.17, 15) is 18.0 Å². The van der Waals surface area contributed by atoms with Crippen LogP contribution in [0, 0.1) is 5.82 Å². The molecule has 4 aromatic rings. The molecule has 0 aliphatic carbocycles. The van der Waals surface area contributed by atoms with Gasteiger partial charge in [-0.1, -0.05) is 18.2 Å². The highest BCUT2D eigenvalue weighted by Gasteiger charge is 2.18. The lowest BCUT2D eigenvalue weighted by atomic mass is 10.1. The predicted molar refractivity (Wildman–Crippen MR) is 95.5 cm³/mol. The van der Waals surface area contributed by atoms with Crippen molar-refractivity contribution in [3.63, 3.8) is 0 Å². The molecule has 152 valence electrons. The third-order valence-corrected chi connectivity index (χ3v) is 4.10. The molecule has 0 atom stereocenters. The summed E-state index contributed by atoms with van der Waals surface area (Å²) in [5.74, 6) is -2.05. The number of hydrogen-bond acceptors (Lipinski definition) is 7. The molecule has 1 amide bonds. The number of aromatic nitrogens is 6. The van der Waals surface area contributed by atoms with Crippen molar-refractivity contribution in [2.75, 3.05) is 0 Å². The zero-order chi connectivity index (χ0) is 21.3. The van der Waals surface area contributed by atoms with Crippen molar-refractivity contribution in [3.8, 4) is 22.8 Å². The first-order valence-corrected chi connectivity index (χ1v) is 8.49. The van der Waals surface area contributed by atoms with Gasteiger partial charge >= 0.3 is 6.43 Å². The van der Waals surface area contributed by atoms with Gasteiger partial charge in [0.05, 0.1) is 6.54 Å². The van der Waals surface area contributed by atoms with E-state index in [-0.39, 0.29) is 29.4 Å². The van der Waals surface area contributed by atoms with E-state index in [4.69, 9.17) is 10.2 Å². The largest absolute Gasteiger partial charge is 0.415 e. The van der Waals surface area contributed by atoms with E-state index in [1.807, 2.05) is 0 Å². The predicted octanol–water partition coefficient (Wildman–Crippen LogP) is 2.61. The van der Waals surface area contributed by atoms with Gasteiger partial charge in [-0.15, -0.1) is 20.4 Å². The molecule has 9 nitrogen and oxygen atoms in total. The van der Waals surface area contributed by atoms with Gasteiger partial charge in [0.1, 0.15) is 5.82 Å². The summed E-state index contributed by atoms with van der Waals surface area (Å²) in [4.78, 5) is 12.5. The van der Waals surface area contributed by atoms with Gasteiger partial charge in [-0.05, 0) is 29.5 Å². The number of carbonyl (C=O) groups excluding carboxylic acids is 1. The molecule has 2 aromatic carbocycles. The van der Waals surface area contributed by atoms with E-state index in [1.165, 1.54) is 23.0 Å². The first kappa shape index (κ1) is 19.2. The van der Waals surface area contributed by atoms with Crippen LogP contribution in [0.15, 0.2) is 46.9 Å². The number of halogens is 3. The number of tetrazole rings is 1. The Bertz CT molecular complexity index is 1220. The van der Waals surface area contributed by atoms with Crippen LogP contribution in [0.1, 0.15) is 28.2 Å². The van der Waals surface area contributed by atoms with E-state index >= 15 is 0 Å². The zero-order valence-corrected chi connectivity index (χ0v) is 15.0. The fourth-order valence-corrected chi connectivity index (χ4v) is 2.64. The molecule has 0 saturated carbocycles. The summed E-state index contributed by atoms with van der Waals surface area (Å²) >= 11 is 0. The van der Waals surface area contributed by atoms with Crippen LogP contribution in [-0.2, 0) is 6.54 Å². The topological polar surface area (TPSA) is 126 Å². The number of carbonyl (C=O) groups is 1. The lowest BCUT2D eigenvalue weighted by Gasteiger charge is -2.03. The molecule has 2 N–H and O–H groups in total. The SMILES string of the molecule is NC(=O)c1cccc(-c2nnn(Cc3ccc(-c4nnc(C(F)F)o4)cc3F)n2)c1. The smallest absolute Gasteiger partial charge is 0.314 e. The average molecular weight is 415 g/mol. The maximum atomic E-state index is 14.5. The molecule has 0 unspecified atom stereocenters. The van der Waals surface area contributed by atoms with Crippen LogP contribution in [0.4, 0.5) is 13.2 Å². The maximum Gasteiger partial charge on any atom is 0.314 e. The molecule has 0 radical (unpaired) electrons. The third-order valence-electron chi connectivity index (χ3n) is 4.10. The second-order valence-electron chi connectivity index (χ2n) is 6.14. The lowest BCUT2D eigenvalue weighted by Crippen LogP contribution is -2.10. The number of rotatable bonds is 6. The van der Waals surface area contributed by atoms with Gasteiger partial charge in [-0.3, -0.25) is 4.79 Å². The van der Waals surface area contributed by atoms with Crippen molar-refractivity contribution >= 4 is 5.91 Å². The molecule has 0 aliphatic rings. The van der Waals surface area contributed by atoms with Crippen molar-refractivity contribution in [3.05, 3.63) is 65.3 Å². The van der Waals surface area contributed by atoms with Crippen molar-refractivity contribution in [2.24, 2.45) is 5.73 Å². The van der Waals surface area contributed by atoms with Crippen molar-refractivity contribution in [2.45, 2.75) is 13.0 Å². The van der Waals surface area contributed by atoms with Crippen LogP contribution >= 0.6 is 0 Å². The summed E-state index contributed by atoms with van der Waals surface area (Å²) in [6.07, 6.45) is -2.91. The Kier molecular flexibility index (Phi) is 4.96. The minimum atomic E-state index is -2.91. The molecule has 0 aliphatic heterocycles. The first-order chi connectivity index (χ1) is 14.4. The van der Waals surface area contributed by atoms with Crippen LogP contribution < -0.4 is 5.73 Å². The fourth-order valence-electron chi connectivity index (χ4n) is 2.64.